The third-order valence-corrected chi connectivity index (χ3v) is 1.48. The molecule has 1 aliphatic heterocycles. The molecule has 9 heavy (non-hydrogen) atoms. The van der Waals surface area contributed by atoms with Gasteiger partial charge in [-0.25, -0.2) is 4.79 Å². The van der Waals surface area contributed by atoms with E-state index in [0.29, 0.717) is 6.61 Å². The standard InChI is InChI=1S/C6H9NO2/c1-6(7-5-8)3-2-4-9-6/h2-4H2,1H3. The van der Waals surface area contributed by atoms with Gasteiger partial charge in [-0.2, -0.15) is 4.99 Å². The summed E-state index contributed by atoms with van der Waals surface area (Å²) in [5, 5.41) is 0. The number of hydrogen-bond acceptors (Lipinski definition) is 3. The van der Waals surface area contributed by atoms with Crippen molar-refractivity contribution in [1.82, 2.24) is 0 Å². The second-order valence-corrected chi connectivity index (χ2v) is 2.33. The third-order valence-electron chi connectivity index (χ3n) is 1.48. The van der Waals surface area contributed by atoms with Gasteiger partial charge in [0.15, 0.2) is 5.72 Å². The van der Waals surface area contributed by atoms with Crippen molar-refractivity contribution < 1.29 is 9.53 Å². The summed E-state index contributed by atoms with van der Waals surface area (Å²) < 4.78 is 5.15. The van der Waals surface area contributed by atoms with Gasteiger partial charge in [0, 0.05) is 6.61 Å². The van der Waals surface area contributed by atoms with Crippen LogP contribution in [-0.2, 0) is 9.53 Å². The molecule has 1 unspecified atom stereocenters. The average molecular weight is 127 g/mol. The van der Waals surface area contributed by atoms with Gasteiger partial charge < -0.3 is 4.74 Å². The SMILES string of the molecule is CC1(N=C=O)CCCO1. The summed E-state index contributed by atoms with van der Waals surface area (Å²) in [7, 11) is 0. The van der Waals surface area contributed by atoms with Crippen molar-refractivity contribution >= 4 is 6.08 Å². The first-order valence-corrected chi connectivity index (χ1v) is 3.00. The lowest BCUT2D eigenvalue weighted by Gasteiger charge is -2.13. The summed E-state index contributed by atoms with van der Waals surface area (Å²) in [5.41, 5.74) is -0.554. The van der Waals surface area contributed by atoms with Crippen molar-refractivity contribution in [3.8, 4) is 0 Å². The van der Waals surface area contributed by atoms with E-state index in [1.165, 1.54) is 6.08 Å². The molecule has 0 aromatic rings. The number of carbonyl (C=O) groups excluding carboxylic acids is 1. The molecule has 0 radical (unpaired) electrons. The van der Waals surface area contributed by atoms with E-state index in [-0.39, 0.29) is 0 Å². The fourth-order valence-electron chi connectivity index (χ4n) is 0.949. The molecule has 0 saturated carbocycles. The van der Waals surface area contributed by atoms with Crippen LogP contribution in [0, 0.1) is 0 Å². The molecule has 3 heteroatoms. The zero-order valence-electron chi connectivity index (χ0n) is 5.39. The van der Waals surface area contributed by atoms with E-state index >= 15 is 0 Å². The largest absolute Gasteiger partial charge is 0.353 e. The molecule has 3 nitrogen and oxygen atoms in total. The van der Waals surface area contributed by atoms with Crippen molar-refractivity contribution in [2.45, 2.75) is 25.5 Å². The summed E-state index contributed by atoms with van der Waals surface area (Å²) in [6.07, 6.45) is 3.32. The molecule has 1 atom stereocenters. The second-order valence-electron chi connectivity index (χ2n) is 2.33. The molecule has 0 aromatic carbocycles. The summed E-state index contributed by atoms with van der Waals surface area (Å²) in [6, 6.07) is 0. The van der Waals surface area contributed by atoms with Gasteiger partial charge in [-0.15, -0.1) is 0 Å². The zero-order valence-corrected chi connectivity index (χ0v) is 5.39. The molecule has 1 heterocycles. The Morgan fingerprint density at radius 3 is 3.00 bits per heavy atom. The molecule has 0 amide bonds. The molecular weight excluding hydrogens is 118 g/mol. The topological polar surface area (TPSA) is 38.7 Å². The fraction of sp³-hybridized carbons (Fsp3) is 0.833. The van der Waals surface area contributed by atoms with Gasteiger partial charge in [0.25, 0.3) is 0 Å². The molecular formula is C6H9NO2. The maximum Gasteiger partial charge on any atom is 0.237 e. The van der Waals surface area contributed by atoms with Crippen LogP contribution in [0.4, 0.5) is 0 Å². The van der Waals surface area contributed by atoms with Crippen LogP contribution in [0.2, 0.25) is 0 Å². The Morgan fingerprint density at radius 1 is 1.78 bits per heavy atom. The summed E-state index contributed by atoms with van der Waals surface area (Å²) in [5.74, 6) is 0. The first-order chi connectivity index (χ1) is 4.27. The molecule has 0 aromatic heterocycles. The minimum absolute atomic E-state index is 0.554. The highest BCUT2D eigenvalue weighted by molar-refractivity contribution is 5.34. The second kappa shape index (κ2) is 2.29. The fourth-order valence-corrected chi connectivity index (χ4v) is 0.949. The van der Waals surface area contributed by atoms with E-state index in [9.17, 15) is 4.79 Å². The predicted molar refractivity (Wildman–Crippen MR) is 31.7 cm³/mol. The van der Waals surface area contributed by atoms with Crippen LogP contribution in [0.3, 0.4) is 0 Å². The molecule has 0 spiro atoms. The van der Waals surface area contributed by atoms with Crippen molar-refractivity contribution in [1.29, 1.82) is 0 Å². The number of ether oxygens (including phenoxy) is 1. The molecule has 1 fully saturated rings. The molecule has 0 N–H and O–H groups in total. The van der Waals surface area contributed by atoms with Gasteiger partial charge in [-0.05, 0) is 19.8 Å². The Morgan fingerprint density at radius 2 is 2.56 bits per heavy atom. The summed E-state index contributed by atoms with van der Waals surface area (Å²) in [6.45, 7) is 2.51. The highest BCUT2D eigenvalue weighted by Gasteiger charge is 2.28. The van der Waals surface area contributed by atoms with Crippen LogP contribution in [0.15, 0.2) is 4.99 Å². The molecule has 0 aliphatic carbocycles. The van der Waals surface area contributed by atoms with Crippen LogP contribution < -0.4 is 0 Å². The summed E-state index contributed by atoms with van der Waals surface area (Å²) >= 11 is 0. The zero-order chi connectivity index (χ0) is 6.74. The minimum atomic E-state index is -0.554. The number of aliphatic imine (C=N–C) groups is 1. The quantitative estimate of drug-likeness (QED) is 0.387. The van der Waals surface area contributed by atoms with Crippen LogP contribution in [0.25, 0.3) is 0 Å². The van der Waals surface area contributed by atoms with Crippen molar-refractivity contribution in [3.05, 3.63) is 0 Å². The van der Waals surface area contributed by atoms with Crippen molar-refractivity contribution in [3.63, 3.8) is 0 Å². The third kappa shape index (κ3) is 1.37. The summed E-state index contributed by atoms with van der Waals surface area (Å²) in [4.78, 5) is 13.3. The number of rotatable bonds is 1. The highest BCUT2D eigenvalue weighted by atomic mass is 16.5. The van der Waals surface area contributed by atoms with E-state index in [4.69, 9.17) is 4.74 Å². The number of isocyanates is 1. The Kier molecular flexibility index (Phi) is 1.65. The van der Waals surface area contributed by atoms with Gasteiger partial charge >= 0.3 is 0 Å². The van der Waals surface area contributed by atoms with Crippen LogP contribution in [-0.4, -0.2) is 18.4 Å². The van der Waals surface area contributed by atoms with Gasteiger partial charge in [0.05, 0.1) is 0 Å². The maximum atomic E-state index is 9.79. The Bertz CT molecular complexity index is 143. The van der Waals surface area contributed by atoms with E-state index in [1.54, 1.807) is 6.92 Å². The predicted octanol–water partition coefficient (Wildman–Crippen LogP) is 0.849. The Hall–Kier alpha value is -0.660. The number of nitrogens with zero attached hydrogens (tertiary/aromatic N) is 1. The van der Waals surface area contributed by atoms with Gasteiger partial charge in [-0.1, -0.05) is 0 Å². The molecule has 1 aliphatic rings. The minimum Gasteiger partial charge on any atom is -0.353 e. The Labute approximate surface area is 53.7 Å². The first kappa shape index (κ1) is 6.46. The normalized spacial score (nSPS) is 33.9. The van der Waals surface area contributed by atoms with Gasteiger partial charge in [0.1, 0.15) is 0 Å². The lowest BCUT2D eigenvalue weighted by molar-refractivity contribution is 0.0283. The van der Waals surface area contributed by atoms with E-state index < -0.39 is 5.72 Å². The van der Waals surface area contributed by atoms with E-state index in [1.807, 2.05) is 0 Å². The van der Waals surface area contributed by atoms with E-state index in [0.717, 1.165) is 12.8 Å². The maximum absolute atomic E-state index is 9.79. The monoisotopic (exact) mass is 127 g/mol. The van der Waals surface area contributed by atoms with Crippen LogP contribution in [0.5, 0.6) is 0 Å². The lowest BCUT2D eigenvalue weighted by Crippen LogP contribution is -2.18. The lowest BCUT2D eigenvalue weighted by atomic mass is 10.2. The average Bonchev–Trinajstić information content (AvgIpc) is 2.16. The molecule has 1 saturated heterocycles. The number of hydrogen-bond donors (Lipinski definition) is 0. The van der Waals surface area contributed by atoms with Gasteiger partial charge in [-0.3, -0.25) is 0 Å². The smallest absolute Gasteiger partial charge is 0.237 e. The van der Waals surface area contributed by atoms with Gasteiger partial charge in [0.2, 0.25) is 6.08 Å². The Balaban J connectivity index is 2.61. The van der Waals surface area contributed by atoms with Crippen LogP contribution in [0.1, 0.15) is 19.8 Å². The van der Waals surface area contributed by atoms with Crippen molar-refractivity contribution in [2.75, 3.05) is 6.61 Å². The van der Waals surface area contributed by atoms with Crippen molar-refractivity contribution in [2.24, 2.45) is 4.99 Å². The molecule has 0 bridgehead atoms. The van der Waals surface area contributed by atoms with E-state index in [2.05, 4.69) is 4.99 Å². The molecule has 50 valence electrons. The first-order valence-electron chi connectivity index (χ1n) is 3.00. The highest BCUT2D eigenvalue weighted by Crippen LogP contribution is 2.25. The molecule has 1 rings (SSSR count). The van der Waals surface area contributed by atoms with Crippen LogP contribution >= 0.6 is 0 Å².